The van der Waals surface area contributed by atoms with Crippen LogP contribution in [0.1, 0.15) is 25.5 Å². The fourth-order valence-corrected chi connectivity index (χ4v) is 2.26. The van der Waals surface area contributed by atoms with Gasteiger partial charge in [0.2, 0.25) is 0 Å². The number of fused-ring (bicyclic) bond motifs is 3. The third kappa shape index (κ3) is 1.23. The zero-order valence-corrected chi connectivity index (χ0v) is 8.81. The van der Waals surface area contributed by atoms with Gasteiger partial charge >= 0.3 is 0 Å². The maximum atomic E-state index is 5.80. The minimum atomic E-state index is 0.0416. The topological polar surface area (TPSA) is 30.8 Å². The molecular formula is C12H13NO2. The molecule has 3 unspecified atom stereocenters. The van der Waals surface area contributed by atoms with Gasteiger partial charge in [0.25, 0.3) is 0 Å². The highest BCUT2D eigenvalue weighted by Gasteiger charge is 2.41. The van der Waals surface area contributed by atoms with Crippen LogP contribution in [0, 0.1) is 0 Å². The number of para-hydroxylation sites is 1. The van der Waals surface area contributed by atoms with Crippen molar-refractivity contribution in [2.45, 2.75) is 32.1 Å². The number of rotatable bonds is 0. The van der Waals surface area contributed by atoms with Crippen LogP contribution in [0.4, 0.5) is 0 Å². The van der Waals surface area contributed by atoms with E-state index in [-0.39, 0.29) is 18.2 Å². The van der Waals surface area contributed by atoms with Crippen LogP contribution >= 0.6 is 0 Å². The second-order valence-corrected chi connectivity index (χ2v) is 4.04. The summed E-state index contributed by atoms with van der Waals surface area (Å²) in [6, 6.07) is 8.16. The average Bonchev–Trinajstić information content (AvgIpc) is 2.61. The van der Waals surface area contributed by atoms with Crippen molar-refractivity contribution >= 4 is 5.90 Å². The van der Waals surface area contributed by atoms with Crippen LogP contribution in [0.2, 0.25) is 0 Å². The van der Waals surface area contributed by atoms with E-state index in [1.165, 1.54) is 0 Å². The van der Waals surface area contributed by atoms with Gasteiger partial charge in [-0.15, -0.1) is 0 Å². The van der Waals surface area contributed by atoms with E-state index >= 15 is 0 Å². The molecule has 0 amide bonds. The molecule has 1 aromatic carbocycles. The minimum Gasteiger partial charge on any atom is -0.486 e. The van der Waals surface area contributed by atoms with E-state index < -0.39 is 0 Å². The highest BCUT2D eigenvalue weighted by molar-refractivity contribution is 5.76. The monoisotopic (exact) mass is 203 g/mol. The third-order valence-electron chi connectivity index (χ3n) is 2.95. The van der Waals surface area contributed by atoms with Crippen molar-refractivity contribution in [2.75, 3.05) is 0 Å². The first-order valence-corrected chi connectivity index (χ1v) is 5.22. The zero-order valence-electron chi connectivity index (χ0n) is 8.81. The summed E-state index contributed by atoms with van der Waals surface area (Å²) in [5.41, 5.74) is 1.14. The number of benzene rings is 1. The van der Waals surface area contributed by atoms with Crippen molar-refractivity contribution in [2.24, 2.45) is 4.99 Å². The molecular weight excluding hydrogens is 190 g/mol. The van der Waals surface area contributed by atoms with Crippen LogP contribution in [0.5, 0.6) is 5.75 Å². The van der Waals surface area contributed by atoms with Gasteiger partial charge in [-0.1, -0.05) is 18.2 Å². The molecule has 2 aliphatic rings. The number of aliphatic imine (C=N–C) groups is 1. The average molecular weight is 203 g/mol. The second kappa shape index (κ2) is 2.99. The van der Waals surface area contributed by atoms with E-state index in [4.69, 9.17) is 9.47 Å². The third-order valence-corrected chi connectivity index (χ3v) is 2.95. The van der Waals surface area contributed by atoms with Gasteiger partial charge in [-0.05, 0) is 13.0 Å². The van der Waals surface area contributed by atoms with Crippen molar-refractivity contribution in [3.05, 3.63) is 29.8 Å². The first-order valence-electron chi connectivity index (χ1n) is 5.22. The lowest BCUT2D eigenvalue weighted by Crippen LogP contribution is -2.37. The lowest BCUT2D eigenvalue weighted by atomic mass is 9.95. The molecule has 78 valence electrons. The summed E-state index contributed by atoms with van der Waals surface area (Å²) in [7, 11) is 0. The lowest BCUT2D eigenvalue weighted by molar-refractivity contribution is 0.0399. The van der Waals surface area contributed by atoms with Gasteiger partial charge < -0.3 is 9.47 Å². The summed E-state index contributed by atoms with van der Waals surface area (Å²) in [5.74, 6) is 1.70. The molecule has 0 N–H and O–H groups in total. The van der Waals surface area contributed by atoms with E-state index in [1.807, 2.05) is 32.0 Å². The Hall–Kier alpha value is -1.51. The Morgan fingerprint density at radius 2 is 2.00 bits per heavy atom. The van der Waals surface area contributed by atoms with E-state index in [1.54, 1.807) is 0 Å². The molecule has 0 aliphatic carbocycles. The van der Waals surface area contributed by atoms with Crippen molar-refractivity contribution in [3.8, 4) is 5.75 Å². The smallest absolute Gasteiger partial charge is 0.181 e. The Bertz CT molecular complexity index is 427. The molecule has 0 aromatic heterocycles. The fourth-order valence-electron chi connectivity index (χ4n) is 2.26. The van der Waals surface area contributed by atoms with Crippen LogP contribution in [0.25, 0.3) is 0 Å². The molecule has 0 bridgehead atoms. The maximum absolute atomic E-state index is 5.80. The Kier molecular flexibility index (Phi) is 1.75. The van der Waals surface area contributed by atoms with Crippen LogP contribution < -0.4 is 4.74 Å². The largest absolute Gasteiger partial charge is 0.486 e. The zero-order chi connectivity index (χ0) is 10.4. The number of nitrogens with zero attached hydrogens (tertiary/aromatic N) is 1. The van der Waals surface area contributed by atoms with Crippen LogP contribution in [0.15, 0.2) is 29.3 Å². The molecule has 0 radical (unpaired) electrons. The molecule has 0 fully saturated rings. The summed E-state index contributed by atoms with van der Waals surface area (Å²) in [4.78, 5) is 4.52. The van der Waals surface area contributed by atoms with Crippen LogP contribution in [-0.2, 0) is 4.74 Å². The van der Waals surface area contributed by atoms with E-state index in [2.05, 4.69) is 11.1 Å². The SMILES string of the molecule is CC1=NC2c3ccccc3OC(C)C2O1. The summed E-state index contributed by atoms with van der Waals surface area (Å²) < 4.78 is 11.5. The van der Waals surface area contributed by atoms with E-state index in [0.29, 0.717) is 0 Å². The molecule has 0 saturated carbocycles. The van der Waals surface area contributed by atoms with Gasteiger partial charge in [0.05, 0.1) is 0 Å². The Morgan fingerprint density at radius 3 is 2.87 bits per heavy atom. The molecule has 2 aliphatic heterocycles. The van der Waals surface area contributed by atoms with Gasteiger partial charge in [-0.3, -0.25) is 0 Å². The van der Waals surface area contributed by atoms with Crippen LogP contribution in [0.3, 0.4) is 0 Å². The molecule has 3 nitrogen and oxygen atoms in total. The standard InChI is InChI=1S/C12H13NO2/c1-7-12-11(13-8(2)15-12)9-5-3-4-6-10(9)14-7/h3-7,11-12H,1-2H3. The Morgan fingerprint density at radius 1 is 1.20 bits per heavy atom. The molecule has 3 rings (SSSR count). The molecule has 0 saturated heterocycles. The number of hydrogen-bond acceptors (Lipinski definition) is 3. The highest BCUT2D eigenvalue weighted by atomic mass is 16.6. The second-order valence-electron chi connectivity index (χ2n) is 4.04. The van der Waals surface area contributed by atoms with Gasteiger partial charge in [0, 0.05) is 12.5 Å². The lowest BCUT2D eigenvalue weighted by Gasteiger charge is -2.31. The van der Waals surface area contributed by atoms with Crippen molar-refractivity contribution in [1.29, 1.82) is 0 Å². The predicted molar refractivity (Wildman–Crippen MR) is 57.3 cm³/mol. The Labute approximate surface area is 88.7 Å². The maximum Gasteiger partial charge on any atom is 0.181 e. The van der Waals surface area contributed by atoms with Crippen molar-refractivity contribution in [3.63, 3.8) is 0 Å². The molecule has 0 spiro atoms. The number of hydrogen-bond donors (Lipinski definition) is 0. The predicted octanol–water partition coefficient (Wildman–Crippen LogP) is 2.33. The normalized spacial score (nSPS) is 32.1. The summed E-state index contributed by atoms with van der Waals surface area (Å²) in [6.45, 7) is 3.93. The van der Waals surface area contributed by atoms with Gasteiger partial charge in [0.1, 0.15) is 17.9 Å². The number of ether oxygens (including phenoxy) is 2. The summed E-state index contributed by atoms with van der Waals surface area (Å²) in [5, 5.41) is 0. The summed E-state index contributed by atoms with van der Waals surface area (Å²) in [6.07, 6.45) is 0.103. The van der Waals surface area contributed by atoms with Crippen molar-refractivity contribution in [1.82, 2.24) is 0 Å². The first kappa shape index (κ1) is 8.77. The quantitative estimate of drug-likeness (QED) is 0.648. The van der Waals surface area contributed by atoms with Gasteiger partial charge in [-0.25, -0.2) is 4.99 Å². The highest BCUT2D eigenvalue weighted by Crippen LogP contribution is 2.41. The minimum absolute atomic E-state index is 0.0416. The van der Waals surface area contributed by atoms with Gasteiger partial charge in [0.15, 0.2) is 12.0 Å². The molecule has 3 heteroatoms. The fraction of sp³-hybridized carbons (Fsp3) is 0.417. The summed E-state index contributed by atoms with van der Waals surface area (Å²) >= 11 is 0. The molecule has 1 aromatic rings. The molecule has 2 heterocycles. The van der Waals surface area contributed by atoms with Gasteiger partial charge in [-0.2, -0.15) is 0 Å². The molecule has 3 atom stereocenters. The van der Waals surface area contributed by atoms with Crippen molar-refractivity contribution < 1.29 is 9.47 Å². The Balaban J connectivity index is 2.10. The van der Waals surface area contributed by atoms with Crippen LogP contribution in [-0.4, -0.2) is 18.1 Å². The van der Waals surface area contributed by atoms with E-state index in [0.717, 1.165) is 17.2 Å². The first-order chi connectivity index (χ1) is 7.25. The molecule has 15 heavy (non-hydrogen) atoms. The van der Waals surface area contributed by atoms with E-state index in [9.17, 15) is 0 Å².